The number of piperazine rings is 1. The zero-order valence-electron chi connectivity index (χ0n) is 44.1. The SMILES string of the molecule is CCc1c(F)ccc2cc(O)cc(-c3nc4c5c(nc(OC[C@@]67CCCN6[C@H](COC(=O)N6CCN(C8CCN(c9ccc%10c(c9)CN(C9CCC(=O)NC9=O)C%10=O)CC8)CC6)CC7)nc5c3F)N3CCCOC[C@@H]3CC4)c12. The van der Waals surface area contributed by atoms with Crippen molar-refractivity contribution in [1.82, 2.24) is 39.9 Å². The number of phenolic OH excluding ortho intramolecular Hbond substituents is 1. The van der Waals surface area contributed by atoms with Gasteiger partial charge in [-0.1, -0.05) is 13.0 Å². The van der Waals surface area contributed by atoms with Crippen LogP contribution in [0.3, 0.4) is 0 Å². The lowest BCUT2D eigenvalue weighted by atomic mass is 9.94. The zero-order chi connectivity index (χ0) is 53.4. The molecule has 10 heterocycles. The minimum absolute atomic E-state index is 0.00634. The normalized spacial score (nSPS) is 25.1. The second-order valence-corrected chi connectivity index (χ2v) is 22.6. The molecule has 6 fully saturated rings. The van der Waals surface area contributed by atoms with E-state index in [4.69, 9.17) is 29.2 Å². The van der Waals surface area contributed by atoms with E-state index in [0.717, 1.165) is 88.9 Å². The van der Waals surface area contributed by atoms with Gasteiger partial charge in [0, 0.05) is 94.3 Å². The quantitative estimate of drug-likeness (QED) is 0.145. The predicted molar refractivity (Wildman–Crippen MR) is 286 cm³/mol. The van der Waals surface area contributed by atoms with Gasteiger partial charge in [0.25, 0.3) is 5.91 Å². The Bertz CT molecular complexity index is 3240. The number of rotatable bonds is 10. The Labute approximate surface area is 451 Å². The number of nitrogens with one attached hydrogen (secondary N) is 1. The Morgan fingerprint density at radius 2 is 1.69 bits per heavy atom. The monoisotopic (exact) mass is 1070 g/mol. The minimum atomic E-state index is -0.687. The molecule has 4 amide bonds. The molecular weight excluding hydrogens is 1000 g/mol. The van der Waals surface area contributed by atoms with Gasteiger partial charge in [-0.15, -0.1) is 0 Å². The van der Waals surface area contributed by atoms with E-state index in [1.807, 2.05) is 24.0 Å². The van der Waals surface area contributed by atoms with Crippen LogP contribution in [0.5, 0.6) is 11.8 Å². The van der Waals surface area contributed by atoms with Crippen LogP contribution in [0, 0.1) is 11.6 Å². The highest BCUT2D eigenvalue weighted by atomic mass is 19.1. The van der Waals surface area contributed by atoms with Gasteiger partial charge in [0.2, 0.25) is 11.8 Å². The summed E-state index contributed by atoms with van der Waals surface area (Å²) in [6, 6.07) is 11.8. The molecule has 78 heavy (non-hydrogen) atoms. The van der Waals surface area contributed by atoms with Gasteiger partial charge in [0.05, 0.1) is 29.3 Å². The number of phenols is 1. The van der Waals surface area contributed by atoms with Gasteiger partial charge in [-0.05, 0) is 135 Å². The van der Waals surface area contributed by atoms with Crippen molar-refractivity contribution in [2.75, 3.05) is 88.6 Å². The van der Waals surface area contributed by atoms with E-state index >= 15 is 8.78 Å². The van der Waals surface area contributed by atoms with Crippen molar-refractivity contribution in [3.8, 4) is 23.0 Å². The number of piperidine rings is 2. The third kappa shape index (κ3) is 9.00. The first-order valence-electron chi connectivity index (χ1n) is 28.2. The minimum Gasteiger partial charge on any atom is -0.508 e. The van der Waals surface area contributed by atoms with E-state index < -0.39 is 23.6 Å². The first-order chi connectivity index (χ1) is 37.9. The van der Waals surface area contributed by atoms with Crippen molar-refractivity contribution >= 4 is 57.0 Å². The molecule has 410 valence electrons. The van der Waals surface area contributed by atoms with Crippen LogP contribution in [0.15, 0.2) is 42.5 Å². The standard InChI is InChI=1S/C58H66F2N10O8/c1-2-41-44(59)9-5-34-28-40(71)29-43(48(34)41)51-50(60)52-49-45(61-51)10-7-38-31-76-26-4-18-68(38)53(49)64-56(63-52)78-33-58-16-3-19-70(58)39(13-17-58)32-77-57(75)67-24-22-66(23-25-67)36-14-20-65(21-15-36)37-6-8-42-35(27-37)30-69(55(42)74)46-11-12-47(72)62-54(46)73/h5-6,8-9,27-29,36,38-39,46,71H,2-4,7,10-26,30-33H2,1H3,(H,62,72,73)/t38-,39-,46?,58-/m0/s1. The van der Waals surface area contributed by atoms with Gasteiger partial charge >= 0.3 is 12.1 Å². The second-order valence-electron chi connectivity index (χ2n) is 22.6. The van der Waals surface area contributed by atoms with E-state index in [2.05, 4.69) is 31.0 Å². The van der Waals surface area contributed by atoms with Crippen molar-refractivity contribution < 1.29 is 47.3 Å². The van der Waals surface area contributed by atoms with Gasteiger partial charge in [0.1, 0.15) is 47.9 Å². The van der Waals surface area contributed by atoms with Gasteiger partial charge in [-0.25, -0.2) is 18.6 Å². The van der Waals surface area contributed by atoms with Crippen LogP contribution in [0.4, 0.5) is 25.1 Å². The molecule has 8 aliphatic heterocycles. The molecule has 3 aromatic carbocycles. The maximum atomic E-state index is 17.5. The summed E-state index contributed by atoms with van der Waals surface area (Å²) < 4.78 is 51.7. The maximum absolute atomic E-state index is 17.5. The fourth-order valence-corrected chi connectivity index (χ4v) is 14.3. The lowest BCUT2D eigenvalue weighted by molar-refractivity contribution is -0.136. The molecule has 20 heteroatoms. The van der Waals surface area contributed by atoms with E-state index in [0.29, 0.717) is 115 Å². The molecule has 2 N–H and O–H groups in total. The van der Waals surface area contributed by atoms with Crippen LogP contribution >= 0.6 is 0 Å². The van der Waals surface area contributed by atoms with Crippen molar-refractivity contribution in [2.45, 2.75) is 120 Å². The summed E-state index contributed by atoms with van der Waals surface area (Å²) >= 11 is 0. The number of imide groups is 1. The van der Waals surface area contributed by atoms with E-state index in [1.54, 1.807) is 17.0 Å². The van der Waals surface area contributed by atoms with Crippen molar-refractivity contribution in [3.63, 3.8) is 0 Å². The molecule has 4 atom stereocenters. The number of anilines is 2. The smallest absolute Gasteiger partial charge is 0.409 e. The summed E-state index contributed by atoms with van der Waals surface area (Å²) in [5.41, 5.74) is 3.66. The van der Waals surface area contributed by atoms with E-state index in [9.17, 15) is 24.3 Å². The molecule has 0 saturated carbocycles. The summed E-state index contributed by atoms with van der Waals surface area (Å²) in [6.07, 6.45) is 8.07. The molecule has 5 aromatic rings. The Hall–Kier alpha value is -6.77. The number of hydrogen-bond acceptors (Lipinski definition) is 15. The highest BCUT2D eigenvalue weighted by molar-refractivity contribution is 6.06. The zero-order valence-corrected chi connectivity index (χ0v) is 44.1. The largest absolute Gasteiger partial charge is 0.508 e. The van der Waals surface area contributed by atoms with Crippen LogP contribution in [-0.4, -0.2) is 172 Å². The maximum Gasteiger partial charge on any atom is 0.409 e. The molecule has 8 aliphatic rings. The van der Waals surface area contributed by atoms with Crippen LogP contribution in [0.1, 0.15) is 98.3 Å². The molecule has 0 aliphatic carbocycles. The number of hydrogen-bond donors (Lipinski definition) is 2. The summed E-state index contributed by atoms with van der Waals surface area (Å²) in [5, 5.41) is 14.9. The molecule has 18 nitrogen and oxygen atoms in total. The molecule has 0 bridgehead atoms. The third-order valence-corrected chi connectivity index (χ3v) is 18.3. The van der Waals surface area contributed by atoms with Gasteiger partial charge in [-0.3, -0.25) is 29.5 Å². The number of aromatic nitrogens is 3. The van der Waals surface area contributed by atoms with Crippen LogP contribution in [0.25, 0.3) is 32.9 Å². The lowest BCUT2D eigenvalue weighted by Gasteiger charge is -2.43. The van der Waals surface area contributed by atoms with Crippen LogP contribution in [-0.2, 0) is 38.4 Å². The number of aryl methyl sites for hydroxylation is 2. The topological polar surface area (TPSA) is 186 Å². The molecule has 0 radical (unpaired) electrons. The highest BCUT2D eigenvalue weighted by Gasteiger charge is 2.50. The number of amides is 4. The lowest BCUT2D eigenvalue weighted by Crippen LogP contribution is -2.54. The number of carbonyl (C=O) groups excluding carboxylic acids is 4. The van der Waals surface area contributed by atoms with Crippen molar-refractivity contribution in [2.24, 2.45) is 0 Å². The summed E-state index contributed by atoms with van der Waals surface area (Å²) in [6.45, 7) is 9.82. The number of pyridine rings is 1. The molecule has 6 saturated heterocycles. The van der Waals surface area contributed by atoms with Crippen molar-refractivity contribution in [3.05, 3.63) is 76.5 Å². The summed E-state index contributed by atoms with van der Waals surface area (Å²) in [7, 11) is 0. The van der Waals surface area contributed by atoms with Crippen LogP contribution in [0.2, 0.25) is 0 Å². The number of nitrogens with zero attached hydrogens (tertiary/aromatic N) is 9. The van der Waals surface area contributed by atoms with E-state index in [1.165, 1.54) is 12.1 Å². The first kappa shape index (κ1) is 50.7. The second kappa shape index (κ2) is 20.5. The molecule has 13 rings (SSSR count). The third-order valence-electron chi connectivity index (χ3n) is 18.3. The molecule has 0 spiro atoms. The van der Waals surface area contributed by atoms with Crippen molar-refractivity contribution in [1.29, 1.82) is 0 Å². The van der Waals surface area contributed by atoms with E-state index in [-0.39, 0.29) is 78.1 Å². The average Bonchev–Trinajstić information content (AvgIpc) is 4.20. The Balaban J connectivity index is 0.647. The summed E-state index contributed by atoms with van der Waals surface area (Å²) in [4.78, 5) is 79.0. The number of benzene rings is 3. The fraction of sp³-hybridized carbons (Fsp3) is 0.534. The van der Waals surface area contributed by atoms with Crippen LogP contribution < -0.4 is 19.9 Å². The number of halogens is 2. The molecule has 2 aromatic heterocycles. The average molecular weight is 1070 g/mol. The highest BCUT2D eigenvalue weighted by Crippen LogP contribution is 2.45. The Morgan fingerprint density at radius 3 is 2.51 bits per heavy atom. The first-order valence-corrected chi connectivity index (χ1v) is 28.2. The fourth-order valence-electron chi connectivity index (χ4n) is 14.3. The molecular formula is C58H66F2N10O8. The number of aromatic hydroxyl groups is 1. The summed E-state index contributed by atoms with van der Waals surface area (Å²) in [5.74, 6) is -1.48. The number of carbonyl (C=O) groups is 4. The molecule has 1 unspecified atom stereocenters. The predicted octanol–water partition coefficient (Wildman–Crippen LogP) is 6.49. The number of fused-ring (bicyclic) bond motifs is 5. The van der Waals surface area contributed by atoms with Gasteiger partial charge in [-0.2, -0.15) is 9.97 Å². The van der Waals surface area contributed by atoms with Gasteiger partial charge < -0.3 is 38.9 Å². The Morgan fingerprint density at radius 1 is 0.846 bits per heavy atom. The number of ether oxygens (including phenoxy) is 3. The Kier molecular flexibility index (Phi) is 13.3. The van der Waals surface area contributed by atoms with Gasteiger partial charge in [0.15, 0.2) is 5.82 Å².